The van der Waals surface area contributed by atoms with E-state index in [1.165, 1.54) is 0 Å². The number of unbranched alkanes of at least 4 members (excludes halogenated alkanes) is 4. The van der Waals surface area contributed by atoms with Gasteiger partial charge in [0, 0.05) is 45.9 Å². The normalized spacial score (nSPS) is 30.4. The Kier molecular flexibility index (Phi) is 11.6. The molecule has 4 heterocycles. The number of aliphatic hydroxyl groups is 1. The summed E-state index contributed by atoms with van der Waals surface area (Å²) in [6.45, 7) is 15.0. The number of likely N-dealkylation sites (tertiary alicyclic amines) is 1. The van der Waals surface area contributed by atoms with Crippen molar-refractivity contribution in [1.29, 1.82) is 0 Å². The molecule has 236 valence electrons. The van der Waals surface area contributed by atoms with Crippen molar-refractivity contribution in [2.75, 3.05) is 65.7 Å². The number of carbonyl (C=O) groups excluding carboxylic acids is 3. The van der Waals surface area contributed by atoms with Crippen LogP contribution < -0.4 is 0 Å². The summed E-state index contributed by atoms with van der Waals surface area (Å²) in [7, 11) is 0. The maximum atomic E-state index is 14.5. The molecule has 4 aliphatic heterocycles. The van der Waals surface area contributed by atoms with E-state index in [0.29, 0.717) is 77.9 Å². The van der Waals surface area contributed by atoms with Crippen LogP contribution in [0.15, 0.2) is 25.3 Å². The van der Waals surface area contributed by atoms with Crippen LogP contribution in [-0.2, 0) is 28.6 Å². The molecule has 0 saturated carbocycles. The average molecular weight is 590 g/mol. The summed E-state index contributed by atoms with van der Waals surface area (Å²) >= 11 is 0. The summed E-state index contributed by atoms with van der Waals surface area (Å²) in [6, 6.07) is -0.801. The van der Waals surface area contributed by atoms with Gasteiger partial charge in [-0.25, -0.2) is 0 Å². The number of fused-ring (bicyclic) bond motifs is 1. The fourth-order valence-electron chi connectivity index (χ4n) is 7.54. The molecular weight excluding hydrogens is 538 g/mol. The summed E-state index contributed by atoms with van der Waals surface area (Å²) in [4.78, 5) is 48.3. The number of carbonyl (C=O) groups is 3. The highest BCUT2D eigenvalue weighted by Gasteiger charge is 2.79. The van der Waals surface area contributed by atoms with Crippen LogP contribution in [0.4, 0.5) is 0 Å². The number of nitrogens with zero attached hydrogens (tertiary/aromatic N) is 3. The predicted octanol–water partition coefficient (Wildman–Crippen LogP) is 2.55. The molecule has 2 amide bonds. The number of aliphatic hydroxyl groups excluding tert-OH is 1. The second kappa shape index (κ2) is 14.9. The number of hydrogen-bond donors (Lipinski definition) is 1. The van der Waals surface area contributed by atoms with Crippen molar-refractivity contribution in [2.45, 2.75) is 82.0 Å². The van der Waals surface area contributed by atoms with E-state index in [-0.39, 0.29) is 25.0 Å². The number of hydrogen-bond acceptors (Lipinski definition) is 8. The lowest BCUT2D eigenvalue weighted by Crippen LogP contribution is -2.57. The molecule has 0 radical (unpaired) electrons. The van der Waals surface area contributed by atoms with Gasteiger partial charge in [0.15, 0.2) is 0 Å². The number of esters is 1. The van der Waals surface area contributed by atoms with Crippen molar-refractivity contribution in [3.63, 3.8) is 0 Å². The third-order valence-electron chi connectivity index (χ3n) is 9.72. The Bertz CT molecular complexity index is 970. The van der Waals surface area contributed by atoms with Gasteiger partial charge in [0.05, 0.1) is 31.3 Å². The van der Waals surface area contributed by atoms with Gasteiger partial charge < -0.3 is 29.1 Å². The summed E-state index contributed by atoms with van der Waals surface area (Å²) < 4.78 is 18.1. The second-order valence-corrected chi connectivity index (χ2v) is 12.1. The zero-order valence-corrected chi connectivity index (χ0v) is 25.5. The lowest BCUT2D eigenvalue weighted by atomic mass is 9.65. The molecule has 0 aliphatic carbocycles. The van der Waals surface area contributed by atoms with Crippen molar-refractivity contribution in [1.82, 2.24) is 14.7 Å². The van der Waals surface area contributed by atoms with Crippen LogP contribution >= 0.6 is 0 Å². The molecular formula is C32H51N3O7. The molecule has 0 aromatic heterocycles. The molecule has 1 N–H and O–H groups in total. The first-order valence-electron chi connectivity index (χ1n) is 16.0. The fraction of sp³-hybridized carbons (Fsp3) is 0.781. The molecule has 10 heteroatoms. The van der Waals surface area contributed by atoms with Gasteiger partial charge in [-0.2, -0.15) is 0 Å². The number of morpholine rings is 1. The Morgan fingerprint density at radius 1 is 1.10 bits per heavy atom. The summed E-state index contributed by atoms with van der Waals surface area (Å²) in [6.07, 6.45) is 9.78. The first-order valence-corrected chi connectivity index (χ1v) is 16.0. The van der Waals surface area contributed by atoms with Gasteiger partial charge in [-0.1, -0.05) is 31.9 Å². The highest BCUT2D eigenvalue weighted by atomic mass is 16.6. The highest BCUT2D eigenvalue weighted by molar-refractivity contribution is 5.98. The van der Waals surface area contributed by atoms with Crippen LogP contribution in [0.5, 0.6) is 0 Å². The van der Waals surface area contributed by atoms with Gasteiger partial charge in [0.1, 0.15) is 17.6 Å². The summed E-state index contributed by atoms with van der Waals surface area (Å²) in [5, 5.41) is 9.19. The average Bonchev–Trinajstić information content (AvgIpc) is 3.61. The van der Waals surface area contributed by atoms with E-state index in [1.807, 2.05) is 6.92 Å². The molecule has 4 aliphatic rings. The third kappa shape index (κ3) is 6.47. The van der Waals surface area contributed by atoms with E-state index in [9.17, 15) is 19.5 Å². The topological polar surface area (TPSA) is 109 Å². The van der Waals surface area contributed by atoms with Crippen LogP contribution in [0.25, 0.3) is 0 Å². The Morgan fingerprint density at radius 3 is 2.55 bits per heavy atom. The standard InChI is InChI=1S/C32H51N3O7/c1-4-7-12-22-41-30(39)26-25-28(37)35(16-10-8-9-11-21-36)27(32(25)14-13-31(26,6-3)42-32)29(38)34(15-5-2)18-17-33-19-23-40-24-20-33/h4-5,25-27,36H,1-2,6-24H2,3H3/t25-,26+,27?,31-,32?/m0/s1. The van der Waals surface area contributed by atoms with Crippen LogP contribution in [0.1, 0.15) is 64.7 Å². The Labute approximate surface area is 251 Å². The molecule has 4 fully saturated rings. The maximum Gasteiger partial charge on any atom is 0.312 e. The monoisotopic (exact) mass is 589 g/mol. The van der Waals surface area contributed by atoms with Crippen LogP contribution in [-0.4, -0.2) is 121 Å². The van der Waals surface area contributed by atoms with E-state index < -0.39 is 35.0 Å². The SMILES string of the molecule is C=CCCCOC(=O)[C@H]1[C@H]2C(=O)N(CCCCCCO)C(C(=O)N(CC=C)CCN3CCOCC3)C23CC[C@]1(CC)O3. The van der Waals surface area contributed by atoms with Gasteiger partial charge in [0.25, 0.3) is 0 Å². The molecule has 4 saturated heterocycles. The van der Waals surface area contributed by atoms with Gasteiger partial charge >= 0.3 is 5.97 Å². The number of amides is 2. The maximum absolute atomic E-state index is 14.5. The lowest BCUT2D eigenvalue weighted by molar-refractivity contribution is -0.162. The molecule has 2 bridgehead atoms. The first-order chi connectivity index (χ1) is 20.4. The summed E-state index contributed by atoms with van der Waals surface area (Å²) in [5.74, 6) is -2.18. The number of allylic oxidation sites excluding steroid dienone is 1. The van der Waals surface area contributed by atoms with Gasteiger partial charge in [0.2, 0.25) is 11.8 Å². The minimum absolute atomic E-state index is 0.137. The molecule has 0 aromatic carbocycles. The van der Waals surface area contributed by atoms with Crippen molar-refractivity contribution < 1.29 is 33.7 Å². The Hall–Kier alpha value is -2.27. The zero-order valence-electron chi connectivity index (χ0n) is 25.5. The predicted molar refractivity (Wildman–Crippen MR) is 159 cm³/mol. The molecule has 5 atom stereocenters. The molecule has 42 heavy (non-hydrogen) atoms. The summed E-state index contributed by atoms with van der Waals surface area (Å²) in [5.41, 5.74) is -1.86. The Morgan fingerprint density at radius 2 is 1.86 bits per heavy atom. The smallest absolute Gasteiger partial charge is 0.312 e. The molecule has 2 unspecified atom stereocenters. The van der Waals surface area contributed by atoms with Crippen molar-refractivity contribution >= 4 is 17.8 Å². The largest absolute Gasteiger partial charge is 0.465 e. The van der Waals surface area contributed by atoms with Gasteiger partial charge in [-0.15, -0.1) is 13.2 Å². The first kappa shape index (κ1) is 32.6. The minimum atomic E-state index is -1.06. The number of rotatable bonds is 18. The molecule has 10 nitrogen and oxygen atoms in total. The van der Waals surface area contributed by atoms with Crippen molar-refractivity contribution in [2.24, 2.45) is 11.8 Å². The van der Waals surface area contributed by atoms with Crippen molar-refractivity contribution in [3.05, 3.63) is 25.3 Å². The quantitative estimate of drug-likeness (QED) is 0.148. The van der Waals surface area contributed by atoms with E-state index in [4.69, 9.17) is 14.2 Å². The van der Waals surface area contributed by atoms with Crippen LogP contribution in [0, 0.1) is 11.8 Å². The molecule has 4 rings (SSSR count). The Balaban J connectivity index is 1.61. The van der Waals surface area contributed by atoms with Crippen molar-refractivity contribution in [3.8, 4) is 0 Å². The van der Waals surface area contributed by atoms with Gasteiger partial charge in [-0.3, -0.25) is 19.3 Å². The highest BCUT2D eigenvalue weighted by Crippen LogP contribution is 2.64. The van der Waals surface area contributed by atoms with E-state index >= 15 is 0 Å². The fourth-order valence-corrected chi connectivity index (χ4v) is 7.54. The third-order valence-corrected chi connectivity index (χ3v) is 9.72. The van der Waals surface area contributed by atoms with Crippen LogP contribution in [0.3, 0.4) is 0 Å². The lowest BCUT2D eigenvalue weighted by Gasteiger charge is -2.37. The van der Waals surface area contributed by atoms with Crippen LogP contribution in [0.2, 0.25) is 0 Å². The number of ether oxygens (including phenoxy) is 3. The van der Waals surface area contributed by atoms with E-state index in [0.717, 1.165) is 32.4 Å². The zero-order chi connectivity index (χ0) is 30.2. The second-order valence-electron chi connectivity index (χ2n) is 12.1. The van der Waals surface area contributed by atoms with E-state index in [2.05, 4.69) is 18.1 Å². The van der Waals surface area contributed by atoms with Gasteiger partial charge in [-0.05, 0) is 44.9 Å². The van der Waals surface area contributed by atoms with E-state index in [1.54, 1.807) is 22.0 Å². The molecule has 1 spiro atoms. The molecule has 0 aromatic rings. The minimum Gasteiger partial charge on any atom is -0.465 e.